The van der Waals surface area contributed by atoms with E-state index in [2.05, 4.69) is 17.3 Å². The number of aromatic nitrogens is 2. The van der Waals surface area contributed by atoms with Crippen LogP contribution in [-0.4, -0.2) is 33.2 Å². The summed E-state index contributed by atoms with van der Waals surface area (Å²) in [5, 5.41) is 8.99. The number of amides is 1. The Hall–Kier alpha value is -1.69. The summed E-state index contributed by atoms with van der Waals surface area (Å²) in [5.74, 6) is 0.770. The zero-order valence-corrected chi connectivity index (χ0v) is 17.9. The van der Waals surface area contributed by atoms with E-state index in [1.165, 1.54) is 0 Å². The van der Waals surface area contributed by atoms with Crippen molar-refractivity contribution in [2.75, 3.05) is 11.9 Å². The van der Waals surface area contributed by atoms with Gasteiger partial charge >= 0.3 is 0 Å². The second-order valence-electron chi connectivity index (χ2n) is 7.24. The van der Waals surface area contributed by atoms with Crippen LogP contribution in [0.2, 0.25) is 15.2 Å². The van der Waals surface area contributed by atoms with Gasteiger partial charge in [0, 0.05) is 24.4 Å². The SMILES string of the molecule is CC[C@@H]1CCCN1C(=O)C1=C(C)Nc2cc(Cl)nn2C1c1ccc(Cl)c(Cl)c1. The summed E-state index contributed by atoms with van der Waals surface area (Å²) in [6.07, 6.45) is 3.01. The molecule has 5 nitrogen and oxygen atoms in total. The van der Waals surface area contributed by atoms with Gasteiger partial charge in [0.15, 0.2) is 5.15 Å². The maximum Gasteiger partial charge on any atom is 0.254 e. The minimum atomic E-state index is -0.427. The molecule has 8 heteroatoms. The molecule has 1 saturated heterocycles. The molecule has 2 aliphatic heterocycles. The zero-order valence-electron chi connectivity index (χ0n) is 15.7. The van der Waals surface area contributed by atoms with Crippen molar-refractivity contribution < 1.29 is 4.79 Å². The van der Waals surface area contributed by atoms with E-state index in [4.69, 9.17) is 34.8 Å². The normalized spacial score (nSPS) is 21.7. The van der Waals surface area contributed by atoms with Gasteiger partial charge in [-0.1, -0.05) is 47.8 Å². The van der Waals surface area contributed by atoms with Crippen molar-refractivity contribution in [1.82, 2.24) is 14.7 Å². The van der Waals surface area contributed by atoms with Gasteiger partial charge in [-0.05, 0) is 43.9 Å². The van der Waals surface area contributed by atoms with Crippen molar-refractivity contribution in [1.29, 1.82) is 0 Å². The third kappa shape index (κ3) is 3.30. The molecule has 0 bridgehead atoms. The molecule has 1 N–H and O–H groups in total. The summed E-state index contributed by atoms with van der Waals surface area (Å²) in [4.78, 5) is 15.6. The van der Waals surface area contributed by atoms with Crippen LogP contribution in [0.4, 0.5) is 5.82 Å². The van der Waals surface area contributed by atoms with Gasteiger partial charge in [-0.15, -0.1) is 0 Å². The van der Waals surface area contributed by atoms with Crippen molar-refractivity contribution in [2.24, 2.45) is 0 Å². The molecule has 4 rings (SSSR count). The number of nitrogens with zero attached hydrogens (tertiary/aromatic N) is 3. The molecule has 0 aliphatic carbocycles. The van der Waals surface area contributed by atoms with Crippen LogP contribution in [-0.2, 0) is 4.79 Å². The number of allylic oxidation sites excluding steroid dienone is 1. The number of likely N-dealkylation sites (tertiary alicyclic amines) is 1. The van der Waals surface area contributed by atoms with Gasteiger partial charge in [-0.3, -0.25) is 4.79 Å². The summed E-state index contributed by atoms with van der Waals surface area (Å²) in [6, 6.07) is 7.01. The Bertz CT molecular complexity index is 968. The molecule has 1 unspecified atom stereocenters. The lowest BCUT2D eigenvalue weighted by Gasteiger charge is -2.33. The quantitative estimate of drug-likeness (QED) is 0.684. The number of halogens is 3. The van der Waals surface area contributed by atoms with Crippen molar-refractivity contribution >= 4 is 46.5 Å². The molecule has 0 saturated carbocycles. The Labute approximate surface area is 179 Å². The third-order valence-corrected chi connectivity index (χ3v) is 6.47. The van der Waals surface area contributed by atoms with Crippen molar-refractivity contribution in [3.63, 3.8) is 0 Å². The Kier molecular flexibility index (Phi) is 5.34. The molecule has 1 aromatic heterocycles. The average molecular weight is 440 g/mol. The van der Waals surface area contributed by atoms with Gasteiger partial charge in [-0.2, -0.15) is 5.10 Å². The molecular weight excluding hydrogens is 419 g/mol. The Morgan fingerprint density at radius 2 is 2.04 bits per heavy atom. The molecule has 1 aromatic carbocycles. The highest BCUT2D eigenvalue weighted by atomic mass is 35.5. The molecule has 2 aliphatic rings. The van der Waals surface area contributed by atoms with Gasteiger partial charge in [0.2, 0.25) is 0 Å². The van der Waals surface area contributed by atoms with E-state index in [1.54, 1.807) is 22.9 Å². The summed E-state index contributed by atoms with van der Waals surface area (Å²) in [7, 11) is 0. The van der Waals surface area contributed by atoms with E-state index in [0.29, 0.717) is 20.8 Å². The lowest BCUT2D eigenvalue weighted by atomic mass is 9.94. The molecule has 28 heavy (non-hydrogen) atoms. The standard InChI is InChI=1S/C20H21Cl3N4O/c1-3-13-5-4-8-26(13)20(28)18-11(2)24-17-10-16(23)25-27(17)19(18)12-6-7-14(21)15(22)9-12/h6-7,9-10,13,19,24H,3-5,8H2,1-2H3/t13-,19?/m1/s1. The van der Waals surface area contributed by atoms with E-state index in [9.17, 15) is 4.79 Å². The van der Waals surface area contributed by atoms with Crippen LogP contribution in [0.25, 0.3) is 0 Å². The number of hydrogen-bond donors (Lipinski definition) is 1. The van der Waals surface area contributed by atoms with E-state index in [-0.39, 0.29) is 11.9 Å². The first kappa shape index (κ1) is 19.6. The van der Waals surface area contributed by atoms with Crippen LogP contribution < -0.4 is 5.32 Å². The monoisotopic (exact) mass is 438 g/mol. The van der Waals surface area contributed by atoms with Crippen molar-refractivity contribution in [2.45, 2.75) is 45.2 Å². The molecule has 1 fully saturated rings. The second-order valence-corrected chi connectivity index (χ2v) is 8.44. The Balaban J connectivity index is 1.84. The lowest BCUT2D eigenvalue weighted by molar-refractivity contribution is -0.128. The number of benzene rings is 1. The number of nitrogens with one attached hydrogen (secondary N) is 1. The van der Waals surface area contributed by atoms with Gasteiger partial charge in [-0.25, -0.2) is 4.68 Å². The van der Waals surface area contributed by atoms with E-state index < -0.39 is 6.04 Å². The molecule has 148 valence electrons. The molecule has 2 aromatic rings. The number of carbonyl (C=O) groups excluding carboxylic acids is 1. The highest BCUT2D eigenvalue weighted by Gasteiger charge is 2.38. The maximum atomic E-state index is 13.6. The Morgan fingerprint density at radius 1 is 1.25 bits per heavy atom. The number of rotatable bonds is 3. The minimum absolute atomic E-state index is 0.0303. The van der Waals surface area contributed by atoms with Gasteiger partial charge in [0.25, 0.3) is 5.91 Å². The van der Waals surface area contributed by atoms with Gasteiger partial charge in [0.05, 0.1) is 15.6 Å². The molecular formula is C20H21Cl3N4O. The van der Waals surface area contributed by atoms with E-state index >= 15 is 0 Å². The van der Waals surface area contributed by atoms with Crippen LogP contribution in [0, 0.1) is 0 Å². The zero-order chi connectivity index (χ0) is 20.0. The summed E-state index contributed by atoms with van der Waals surface area (Å²) in [6.45, 7) is 4.81. The minimum Gasteiger partial charge on any atom is -0.344 e. The fourth-order valence-corrected chi connectivity index (χ4v) is 4.68. The topological polar surface area (TPSA) is 50.2 Å². The van der Waals surface area contributed by atoms with Crippen molar-refractivity contribution in [3.05, 3.63) is 56.3 Å². The fourth-order valence-electron chi connectivity index (χ4n) is 4.19. The highest BCUT2D eigenvalue weighted by Crippen LogP contribution is 2.40. The Morgan fingerprint density at radius 3 is 2.75 bits per heavy atom. The number of hydrogen-bond acceptors (Lipinski definition) is 3. The number of fused-ring (bicyclic) bond motifs is 1. The highest BCUT2D eigenvalue weighted by molar-refractivity contribution is 6.42. The van der Waals surface area contributed by atoms with Crippen LogP contribution in [0.15, 0.2) is 35.5 Å². The first-order valence-corrected chi connectivity index (χ1v) is 10.5. The maximum absolute atomic E-state index is 13.6. The van der Waals surface area contributed by atoms with Crippen LogP contribution in [0.5, 0.6) is 0 Å². The number of anilines is 1. The fraction of sp³-hybridized carbons (Fsp3) is 0.400. The van der Waals surface area contributed by atoms with Gasteiger partial charge < -0.3 is 10.2 Å². The van der Waals surface area contributed by atoms with Crippen LogP contribution >= 0.6 is 34.8 Å². The molecule has 0 radical (unpaired) electrons. The van der Waals surface area contributed by atoms with Crippen LogP contribution in [0.3, 0.4) is 0 Å². The average Bonchev–Trinajstić information content (AvgIpc) is 3.27. The third-order valence-electron chi connectivity index (χ3n) is 5.54. The van der Waals surface area contributed by atoms with E-state index in [1.807, 2.05) is 17.9 Å². The van der Waals surface area contributed by atoms with Crippen molar-refractivity contribution in [3.8, 4) is 0 Å². The predicted molar refractivity (Wildman–Crippen MR) is 113 cm³/mol. The van der Waals surface area contributed by atoms with Gasteiger partial charge in [0.1, 0.15) is 11.9 Å². The predicted octanol–water partition coefficient (Wildman–Crippen LogP) is 5.53. The largest absolute Gasteiger partial charge is 0.344 e. The van der Waals surface area contributed by atoms with Crippen LogP contribution in [0.1, 0.15) is 44.7 Å². The smallest absolute Gasteiger partial charge is 0.254 e. The second kappa shape index (κ2) is 7.62. The first-order valence-electron chi connectivity index (χ1n) is 9.39. The molecule has 1 amide bonds. The first-order chi connectivity index (χ1) is 13.4. The summed E-state index contributed by atoms with van der Waals surface area (Å²) < 4.78 is 1.75. The van der Waals surface area contributed by atoms with E-state index in [0.717, 1.165) is 42.9 Å². The summed E-state index contributed by atoms with van der Waals surface area (Å²) >= 11 is 18.6. The molecule has 0 spiro atoms. The molecule has 2 atom stereocenters. The lowest BCUT2D eigenvalue weighted by Crippen LogP contribution is -2.40. The molecule has 3 heterocycles. The summed E-state index contributed by atoms with van der Waals surface area (Å²) in [5.41, 5.74) is 2.30. The number of carbonyl (C=O) groups is 1.